The minimum atomic E-state index is -0.349. The number of esters is 1. The minimum absolute atomic E-state index is 0.0472. The second-order valence-corrected chi connectivity index (χ2v) is 3.07. The Morgan fingerprint density at radius 1 is 1.40 bits per heavy atom. The molecule has 1 rings (SSSR count). The van der Waals surface area contributed by atoms with Crippen LogP contribution in [0.15, 0.2) is 36.9 Å². The van der Waals surface area contributed by atoms with Crippen LogP contribution in [0.4, 0.5) is 0 Å². The highest BCUT2D eigenvalue weighted by atomic mass is 16.5. The average molecular weight is 206 g/mol. The van der Waals surface area contributed by atoms with Crippen molar-refractivity contribution in [1.82, 2.24) is 0 Å². The molecule has 0 aliphatic rings. The molecule has 0 saturated carbocycles. The summed E-state index contributed by atoms with van der Waals surface area (Å²) in [6, 6.07) is 6.78. The standard InChI is InChI=1S/C12H14O3/c1-4-9(2)15-11-7-5-10(6-8-11)12(13)14-3/h4-9H,1H2,2-3H3. The molecule has 80 valence electrons. The van der Waals surface area contributed by atoms with Crippen molar-refractivity contribution in [2.24, 2.45) is 0 Å². The van der Waals surface area contributed by atoms with Crippen molar-refractivity contribution in [3.8, 4) is 5.75 Å². The first kappa shape index (κ1) is 11.3. The van der Waals surface area contributed by atoms with Gasteiger partial charge in [0.05, 0.1) is 12.7 Å². The largest absolute Gasteiger partial charge is 0.487 e. The topological polar surface area (TPSA) is 35.5 Å². The van der Waals surface area contributed by atoms with Crippen LogP contribution < -0.4 is 4.74 Å². The van der Waals surface area contributed by atoms with E-state index in [-0.39, 0.29) is 12.1 Å². The fourth-order valence-corrected chi connectivity index (χ4v) is 1.05. The van der Waals surface area contributed by atoms with Crippen molar-refractivity contribution in [1.29, 1.82) is 0 Å². The van der Waals surface area contributed by atoms with Crippen LogP contribution in [0.25, 0.3) is 0 Å². The summed E-state index contributed by atoms with van der Waals surface area (Å²) in [5.74, 6) is 0.355. The van der Waals surface area contributed by atoms with Crippen molar-refractivity contribution < 1.29 is 14.3 Å². The molecule has 1 aromatic rings. The summed E-state index contributed by atoms with van der Waals surface area (Å²) in [6.45, 7) is 5.51. The molecule has 1 aromatic carbocycles. The molecule has 15 heavy (non-hydrogen) atoms. The molecule has 0 N–H and O–H groups in total. The highest BCUT2D eigenvalue weighted by Gasteiger charge is 2.05. The molecule has 0 heterocycles. The van der Waals surface area contributed by atoms with Gasteiger partial charge in [-0.1, -0.05) is 12.7 Å². The third kappa shape index (κ3) is 3.13. The summed E-state index contributed by atoms with van der Waals surface area (Å²) in [5.41, 5.74) is 0.510. The zero-order chi connectivity index (χ0) is 11.3. The number of benzene rings is 1. The van der Waals surface area contributed by atoms with Gasteiger partial charge in [-0.3, -0.25) is 0 Å². The van der Waals surface area contributed by atoms with Crippen LogP contribution in [0, 0.1) is 0 Å². The van der Waals surface area contributed by atoms with Crippen LogP contribution in [0.2, 0.25) is 0 Å². The lowest BCUT2D eigenvalue weighted by molar-refractivity contribution is 0.0600. The molecule has 0 amide bonds. The Bertz CT molecular complexity index is 340. The molecule has 3 nitrogen and oxygen atoms in total. The molecule has 3 heteroatoms. The Morgan fingerprint density at radius 2 is 2.00 bits per heavy atom. The van der Waals surface area contributed by atoms with Gasteiger partial charge in [0.25, 0.3) is 0 Å². The monoisotopic (exact) mass is 206 g/mol. The lowest BCUT2D eigenvalue weighted by atomic mass is 10.2. The summed E-state index contributed by atoms with van der Waals surface area (Å²) < 4.78 is 10.0. The SMILES string of the molecule is C=CC(C)Oc1ccc(C(=O)OC)cc1. The third-order valence-corrected chi connectivity index (χ3v) is 1.93. The quantitative estimate of drug-likeness (QED) is 0.560. The van der Waals surface area contributed by atoms with Gasteiger partial charge in [-0.2, -0.15) is 0 Å². The molecule has 0 radical (unpaired) electrons. The zero-order valence-electron chi connectivity index (χ0n) is 8.90. The fourth-order valence-electron chi connectivity index (χ4n) is 1.05. The van der Waals surface area contributed by atoms with E-state index < -0.39 is 0 Å². The molecule has 0 aliphatic carbocycles. The van der Waals surface area contributed by atoms with Gasteiger partial charge in [0.2, 0.25) is 0 Å². The predicted molar refractivity (Wildman–Crippen MR) is 58.1 cm³/mol. The number of rotatable bonds is 4. The predicted octanol–water partition coefficient (Wildman–Crippen LogP) is 2.43. The average Bonchev–Trinajstić information content (AvgIpc) is 2.29. The summed E-state index contributed by atoms with van der Waals surface area (Å²) in [4.78, 5) is 11.1. The molecule has 1 unspecified atom stereocenters. The first-order valence-corrected chi connectivity index (χ1v) is 4.65. The van der Waals surface area contributed by atoms with Crippen LogP contribution in [-0.4, -0.2) is 19.2 Å². The van der Waals surface area contributed by atoms with Crippen LogP contribution in [0.5, 0.6) is 5.75 Å². The molecule has 0 fully saturated rings. The summed E-state index contributed by atoms with van der Waals surface area (Å²) in [7, 11) is 1.35. The van der Waals surface area contributed by atoms with Gasteiger partial charge in [0.1, 0.15) is 11.9 Å². The van der Waals surface area contributed by atoms with Crippen molar-refractivity contribution in [3.05, 3.63) is 42.5 Å². The summed E-state index contributed by atoms with van der Waals surface area (Å²) in [6.07, 6.45) is 1.66. The Balaban J connectivity index is 2.72. The Morgan fingerprint density at radius 3 is 2.47 bits per heavy atom. The highest BCUT2D eigenvalue weighted by Crippen LogP contribution is 2.14. The summed E-state index contributed by atoms with van der Waals surface area (Å²) >= 11 is 0. The lowest BCUT2D eigenvalue weighted by Gasteiger charge is -2.10. The van der Waals surface area contributed by atoms with E-state index in [1.54, 1.807) is 30.3 Å². The number of hydrogen-bond donors (Lipinski definition) is 0. The van der Waals surface area contributed by atoms with E-state index in [1.807, 2.05) is 6.92 Å². The van der Waals surface area contributed by atoms with Crippen molar-refractivity contribution in [3.63, 3.8) is 0 Å². The number of carbonyl (C=O) groups is 1. The Labute approximate surface area is 89.3 Å². The maximum absolute atomic E-state index is 11.1. The third-order valence-electron chi connectivity index (χ3n) is 1.93. The number of ether oxygens (including phenoxy) is 2. The van der Waals surface area contributed by atoms with E-state index in [1.165, 1.54) is 7.11 Å². The molecule has 0 spiro atoms. The molecule has 0 bridgehead atoms. The molecular formula is C12H14O3. The maximum atomic E-state index is 11.1. The van der Waals surface area contributed by atoms with Crippen molar-refractivity contribution in [2.75, 3.05) is 7.11 Å². The van der Waals surface area contributed by atoms with Gasteiger partial charge in [-0.25, -0.2) is 4.79 Å². The van der Waals surface area contributed by atoms with Crippen LogP contribution >= 0.6 is 0 Å². The van der Waals surface area contributed by atoms with Gasteiger partial charge in [0, 0.05) is 0 Å². The van der Waals surface area contributed by atoms with E-state index in [0.29, 0.717) is 11.3 Å². The number of methoxy groups -OCH3 is 1. The van der Waals surface area contributed by atoms with Gasteiger partial charge >= 0.3 is 5.97 Å². The van der Waals surface area contributed by atoms with E-state index in [4.69, 9.17) is 4.74 Å². The van der Waals surface area contributed by atoms with Crippen molar-refractivity contribution >= 4 is 5.97 Å². The summed E-state index contributed by atoms with van der Waals surface area (Å²) in [5, 5.41) is 0. The molecule has 0 saturated heterocycles. The molecule has 1 atom stereocenters. The second-order valence-electron chi connectivity index (χ2n) is 3.07. The van der Waals surface area contributed by atoms with Crippen molar-refractivity contribution in [2.45, 2.75) is 13.0 Å². The van der Waals surface area contributed by atoms with Gasteiger partial charge in [-0.15, -0.1) is 0 Å². The van der Waals surface area contributed by atoms with E-state index in [2.05, 4.69) is 11.3 Å². The Hall–Kier alpha value is -1.77. The minimum Gasteiger partial charge on any atom is -0.487 e. The van der Waals surface area contributed by atoms with Crippen LogP contribution in [0.3, 0.4) is 0 Å². The maximum Gasteiger partial charge on any atom is 0.337 e. The zero-order valence-corrected chi connectivity index (χ0v) is 8.90. The second kappa shape index (κ2) is 5.20. The number of carbonyl (C=O) groups excluding carboxylic acids is 1. The number of hydrogen-bond acceptors (Lipinski definition) is 3. The van der Waals surface area contributed by atoms with Gasteiger partial charge in [-0.05, 0) is 31.2 Å². The molecule has 0 aromatic heterocycles. The van der Waals surface area contributed by atoms with E-state index in [9.17, 15) is 4.79 Å². The molecular weight excluding hydrogens is 192 g/mol. The highest BCUT2D eigenvalue weighted by molar-refractivity contribution is 5.89. The van der Waals surface area contributed by atoms with Gasteiger partial charge in [0.15, 0.2) is 0 Å². The van der Waals surface area contributed by atoms with Gasteiger partial charge < -0.3 is 9.47 Å². The van der Waals surface area contributed by atoms with E-state index >= 15 is 0 Å². The first-order chi connectivity index (χ1) is 7.17. The fraction of sp³-hybridized carbons (Fsp3) is 0.250. The van der Waals surface area contributed by atoms with Crippen LogP contribution in [-0.2, 0) is 4.74 Å². The normalized spacial score (nSPS) is 11.6. The smallest absolute Gasteiger partial charge is 0.337 e. The lowest BCUT2D eigenvalue weighted by Crippen LogP contribution is -2.07. The van der Waals surface area contributed by atoms with E-state index in [0.717, 1.165) is 0 Å². The molecule has 0 aliphatic heterocycles. The first-order valence-electron chi connectivity index (χ1n) is 4.65. The Kier molecular flexibility index (Phi) is 3.92. The van der Waals surface area contributed by atoms with Crippen LogP contribution in [0.1, 0.15) is 17.3 Å².